The van der Waals surface area contributed by atoms with Crippen molar-refractivity contribution >= 4 is 0 Å². The Morgan fingerprint density at radius 2 is 2.08 bits per heavy atom. The lowest BCUT2D eigenvalue weighted by Gasteiger charge is -2.07. The Kier molecular flexibility index (Phi) is 3.60. The van der Waals surface area contributed by atoms with E-state index in [0.717, 1.165) is 4.68 Å². The van der Waals surface area contributed by atoms with Gasteiger partial charge in [0.05, 0.1) is 12.1 Å². The fraction of sp³-hybridized carbons (Fsp3) is 0.333. The number of rotatable bonds is 2. The number of aromatic nitrogens is 6. The van der Waals surface area contributed by atoms with E-state index in [0.29, 0.717) is 30.3 Å². The van der Waals surface area contributed by atoms with E-state index in [1.165, 1.54) is 19.2 Å². The standard InChI is InChI=1S/C15H13F3N6O2/c1-8-20-14(24(22-8)7-15(16,17)18)10-6-23-2-3-26-11-4-12(25)19-5-9(11)13(23)21-10/h4-6H,2-3,7H2,1H3,(H,19,25). The van der Waals surface area contributed by atoms with Crippen molar-refractivity contribution in [3.8, 4) is 34.5 Å². The number of halogens is 3. The fourth-order valence-corrected chi connectivity index (χ4v) is 2.80. The number of aromatic hydroxyl groups is 1. The SMILES string of the molecule is Cc1nc(-c2cn3c(n2)-c2cnc(O)cc2OCC3)n(CC(F)(F)F)n1. The molecule has 0 spiro atoms. The average molecular weight is 366 g/mol. The molecule has 136 valence electrons. The first-order valence-corrected chi connectivity index (χ1v) is 7.68. The summed E-state index contributed by atoms with van der Waals surface area (Å²) >= 11 is 0. The molecule has 0 saturated heterocycles. The molecule has 0 radical (unpaired) electrons. The van der Waals surface area contributed by atoms with Crippen molar-refractivity contribution in [2.45, 2.75) is 26.2 Å². The van der Waals surface area contributed by atoms with Gasteiger partial charge in [0.2, 0.25) is 5.88 Å². The van der Waals surface area contributed by atoms with Gasteiger partial charge in [-0.3, -0.25) is 0 Å². The Hall–Kier alpha value is -3.11. The van der Waals surface area contributed by atoms with E-state index in [1.54, 1.807) is 10.8 Å². The average Bonchev–Trinajstić information content (AvgIpc) is 3.05. The monoisotopic (exact) mass is 366 g/mol. The summed E-state index contributed by atoms with van der Waals surface area (Å²) in [6.45, 7) is 1.02. The van der Waals surface area contributed by atoms with Crippen molar-refractivity contribution in [2.24, 2.45) is 0 Å². The summed E-state index contributed by atoms with van der Waals surface area (Å²) in [5, 5.41) is 13.3. The summed E-state index contributed by atoms with van der Waals surface area (Å²) in [4.78, 5) is 12.3. The minimum atomic E-state index is -4.42. The smallest absolute Gasteiger partial charge is 0.408 e. The molecule has 0 aliphatic carbocycles. The molecule has 0 bridgehead atoms. The molecular formula is C15H13F3N6O2. The lowest BCUT2D eigenvalue weighted by molar-refractivity contribution is -0.142. The number of alkyl halides is 3. The van der Waals surface area contributed by atoms with Crippen molar-refractivity contribution in [1.29, 1.82) is 0 Å². The zero-order chi connectivity index (χ0) is 18.5. The molecule has 26 heavy (non-hydrogen) atoms. The normalized spacial score (nSPS) is 13.7. The van der Waals surface area contributed by atoms with Gasteiger partial charge >= 0.3 is 6.18 Å². The summed E-state index contributed by atoms with van der Waals surface area (Å²) in [5.41, 5.74) is 0.802. The van der Waals surface area contributed by atoms with Gasteiger partial charge in [0, 0.05) is 18.5 Å². The molecular weight excluding hydrogens is 353 g/mol. The molecule has 0 amide bonds. The molecule has 8 nitrogen and oxygen atoms in total. The van der Waals surface area contributed by atoms with Crippen LogP contribution in [-0.4, -0.2) is 47.2 Å². The Labute approximate surface area is 144 Å². The summed E-state index contributed by atoms with van der Waals surface area (Å²) in [6.07, 6.45) is -1.41. The fourth-order valence-electron chi connectivity index (χ4n) is 2.80. The highest BCUT2D eigenvalue weighted by Crippen LogP contribution is 2.34. The maximum Gasteiger partial charge on any atom is 0.408 e. The number of hydrogen-bond acceptors (Lipinski definition) is 6. The number of imidazole rings is 1. The quantitative estimate of drug-likeness (QED) is 0.748. The molecule has 11 heteroatoms. The zero-order valence-corrected chi connectivity index (χ0v) is 13.5. The molecule has 0 unspecified atom stereocenters. The molecule has 0 atom stereocenters. The second-order valence-electron chi connectivity index (χ2n) is 5.79. The minimum Gasteiger partial charge on any atom is -0.493 e. The van der Waals surface area contributed by atoms with Crippen LogP contribution in [0.5, 0.6) is 11.6 Å². The third-order valence-electron chi connectivity index (χ3n) is 3.79. The van der Waals surface area contributed by atoms with E-state index < -0.39 is 12.7 Å². The van der Waals surface area contributed by atoms with Gasteiger partial charge in [-0.25, -0.2) is 19.6 Å². The number of nitrogens with zero attached hydrogens (tertiary/aromatic N) is 6. The number of fused-ring (bicyclic) bond motifs is 3. The third-order valence-corrected chi connectivity index (χ3v) is 3.79. The van der Waals surface area contributed by atoms with Gasteiger partial charge in [-0.15, -0.1) is 0 Å². The molecule has 3 aromatic heterocycles. The van der Waals surface area contributed by atoms with Crippen LogP contribution in [0.3, 0.4) is 0 Å². The molecule has 1 N–H and O–H groups in total. The molecule has 4 heterocycles. The molecule has 1 aliphatic rings. The van der Waals surface area contributed by atoms with Gasteiger partial charge in [0.1, 0.15) is 36.2 Å². The molecule has 3 aromatic rings. The van der Waals surface area contributed by atoms with Gasteiger partial charge in [-0.2, -0.15) is 18.3 Å². The first-order chi connectivity index (χ1) is 12.3. The maximum atomic E-state index is 12.8. The van der Waals surface area contributed by atoms with Crippen LogP contribution in [-0.2, 0) is 13.1 Å². The molecule has 4 rings (SSSR count). The second kappa shape index (κ2) is 5.71. The van der Waals surface area contributed by atoms with Crippen LogP contribution in [0.15, 0.2) is 18.5 Å². The van der Waals surface area contributed by atoms with Crippen LogP contribution in [0.4, 0.5) is 13.2 Å². The van der Waals surface area contributed by atoms with Gasteiger partial charge in [-0.05, 0) is 6.92 Å². The van der Waals surface area contributed by atoms with Gasteiger partial charge in [-0.1, -0.05) is 0 Å². The van der Waals surface area contributed by atoms with Crippen molar-refractivity contribution < 1.29 is 23.0 Å². The lowest BCUT2D eigenvalue weighted by Crippen LogP contribution is -2.19. The van der Waals surface area contributed by atoms with E-state index in [9.17, 15) is 18.3 Å². The summed E-state index contributed by atoms with van der Waals surface area (Å²) in [7, 11) is 0. The summed E-state index contributed by atoms with van der Waals surface area (Å²) < 4.78 is 46.5. The highest BCUT2D eigenvalue weighted by Gasteiger charge is 2.31. The first-order valence-electron chi connectivity index (χ1n) is 7.68. The van der Waals surface area contributed by atoms with Crippen molar-refractivity contribution in [2.75, 3.05) is 6.61 Å². The summed E-state index contributed by atoms with van der Waals surface area (Å²) in [6, 6.07) is 1.37. The largest absolute Gasteiger partial charge is 0.493 e. The van der Waals surface area contributed by atoms with Crippen LogP contribution < -0.4 is 4.74 Å². The van der Waals surface area contributed by atoms with Crippen LogP contribution in [0.2, 0.25) is 0 Å². The first kappa shape index (κ1) is 16.4. The number of ether oxygens (including phenoxy) is 1. The van der Waals surface area contributed by atoms with Crippen LogP contribution in [0, 0.1) is 6.92 Å². The molecule has 1 aliphatic heterocycles. The minimum absolute atomic E-state index is 0.0367. The second-order valence-corrected chi connectivity index (χ2v) is 5.79. The lowest BCUT2D eigenvalue weighted by atomic mass is 10.2. The van der Waals surface area contributed by atoms with Crippen LogP contribution in [0.25, 0.3) is 22.9 Å². The van der Waals surface area contributed by atoms with Gasteiger partial charge in [0.15, 0.2) is 5.82 Å². The number of hydrogen-bond donors (Lipinski definition) is 1. The number of pyridine rings is 1. The maximum absolute atomic E-state index is 12.8. The van der Waals surface area contributed by atoms with Gasteiger partial charge < -0.3 is 14.4 Å². The molecule has 0 fully saturated rings. The van der Waals surface area contributed by atoms with E-state index in [4.69, 9.17) is 4.74 Å². The van der Waals surface area contributed by atoms with E-state index in [2.05, 4.69) is 20.1 Å². The van der Waals surface area contributed by atoms with E-state index >= 15 is 0 Å². The zero-order valence-electron chi connectivity index (χ0n) is 13.5. The van der Waals surface area contributed by atoms with E-state index in [-0.39, 0.29) is 23.2 Å². The Morgan fingerprint density at radius 3 is 2.85 bits per heavy atom. The Bertz CT molecular complexity index is 978. The summed E-state index contributed by atoms with van der Waals surface area (Å²) in [5.74, 6) is 0.947. The van der Waals surface area contributed by atoms with Crippen molar-refractivity contribution in [1.82, 2.24) is 29.3 Å². The van der Waals surface area contributed by atoms with Crippen LogP contribution in [0.1, 0.15) is 5.82 Å². The Balaban J connectivity index is 1.81. The topological polar surface area (TPSA) is 90.9 Å². The van der Waals surface area contributed by atoms with Gasteiger partial charge in [0.25, 0.3) is 0 Å². The van der Waals surface area contributed by atoms with Crippen molar-refractivity contribution in [3.63, 3.8) is 0 Å². The highest BCUT2D eigenvalue weighted by atomic mass is 19.4. The highest BCUT2D eigenvalue weighted by molar-refractivity contribution is 5.67. The molecule has 0 aromatic carbocycles. The Morgan fingerprint density at radius 1 is 1.27 bits per heavy atom. The molecule has 0 saturated carbocycles. The van der Waals surface area contributed by atoms with E-state index in [1.807, 2.05) is 0 Å². The predicted molar refractivity (Wildman–Crippen MR) is 82.4 cm³/mol. The van der Waals surface area contributed by atoms with Crippen LogP contribution >= 0.6 is 0 Å². The predicted octanol–water partition coefficient (Wildman–Crippen LogP) is 2.17. The van der Waals surface area contributed by atoms with Crippen molar-refractivity contribution in [3.05, 3.63) is 24.3 Å². The third kappa shape index (κ3) is 2.95. The number of aryl methyl sites for hydroxylation is 1.